The molecule has 2 N–H and O–H groups in total. The molecule has 78 valence electrons. The van der Waals surface area contributed by atoms with Gasteiger partial charge in [-0.05, 0) is 0 Å². The first-order valence-corrected chi connectivity index (χ1v) is 4.19. The van der Waals surface area contributed by atoms with Gasteiger partial charge in [-0.2, -0.15) is 4.98 Å². The van der Waals surface area contributed by atoms with Gasteiger partial charge in [0.2, 0.25) is 11.8 Å². The van der Waals surface area contributed by atoms with Gasteiger partial charge in [0.05, 0.1) is 13.7 Å². The molecular weight excluding hydrogens is 184 g/mol. The first-order chi connectivity index (χ1) is 6.76. The van der Waals surface area contributed by atoms with Crippen LogP contribution >= 0.6 is 0 Å². The van der Waals surface area contributed by atoms with Crippen molar-refractivity contribution in [3.63, 3.8) is 0 Å². The minimum Gasteiger partial charge on any atom is -0.481 e. The van der Waals surface area contributed by atoms with E-state index >= 15 is 0 Å². The molecule has 0 saturated heterocycles. The Balaban J connectivity index is 2.62. The highest BCUT2D eigenvalue weighted by atomic mass is 16.5. The number of nitrogens with zero attached hydrogens (tertiary/aromatic N) is 1. The fraction of sp³-hybridized carbons (Fsp3) is 0.444. The average Bonchev–Trinajstić information content (AvgIpc) is 2.17. The Morgan fingerprint density at radius 2 is 1.93 bits per heavy atom. The first kappa shape index (κ1) is 10.6. The molecule has 0 amide bonds. The summed E-state index contributed by atoms with van der Waals surface area (Å²) in [5.74, 6) is 0.885. The second-order valence-corrected chi connectivity index (χ2v) is 2.62. The summed E-state index contributed by atoms with van der Waals surface area (Å²) in [5.41, 5.74) is 6.17. The molecule has 0 unspecified atom stereocenters. The number of nitrogens with two attached hydrogens (primary N) is 1. The first-order valence-electron chi connectivity index (χ1n) is 4.19. The van der Waals surface area contributed by atoms with Crippen LogP contribution in [0.1, 0.15) is 0 Å². The normalized spacial score (nSPS) is 9.86. The molecule has 0 atom stereocenters. The highest BCUT2D eigenvalue weighted by Crippen LogP contribution is 2.18. The number of methoxy groups -OCH3 is 2. The van der Waals surface area contributed by atoms with Crippen molar-refractivity contribution in [2.75, 3.05) is 33.2 Å². The average molecular weight is 198 g/mol. The molecule has 5 heteroatoms. The molecule has 14 heavy (non-hydrogen) atoms. The van der Waals surface area contributed by atoms with Crippen LogP contribution in [0.4, 0.5) is 5.69 Å². The van der Waals surface area contributed by atoms with Crippen molar-refractivity contribution in [1.29, 1.82) is 0 Å². The number of ether oxygens (including phenoxy) is 3. The molecule has 5 nitrogen and oxygen atoms in total. The largest absolute Gasteiger partial charge is 0.481 e. The van der Waals surface area contributed by atoms with Crippen LogP contribution < -0.4 is 15.2 Å². The Morgan fingerprint density at radius 1 is 1.21 bits per heavy atom. The molecule has 1 rings (SSSR count). The number of rotatable bonds is 5. The van der Waals surface area contributed by atoms with Crippen LogP contribution in [0.5, 0.6) is 11.8 Å². The summed E-state index contributed by atoms with van der Waals surface area (Å²) in [6.45, 7) is 0.953. The van der Waals surface area contributed by atoms with Crippen LogP contribution in [0.3, 0.4) is 0 Å². The summed E-state index contributed by atoms with van der Waals surface area (Å²) in [4.78, 5) is 4.04. The van der Waals surface area contributed by atoms with Gasteiger partial charge in [0.25, 0.3) is 0 Å². The number of hydrogen-bond donors (Lipinski definition) is 1. The second-order valence-electron chi connectivity index (χ2n) is 2.62. The van der Waals surface area contributed by atoms with Gasteiger partial charge >= 0.3 is 0 Å². The summed E-state index contributed by atoms with van der Waals surface area (Å²) in [5, 5.41) is 0. The lowest BCUT2D eigenvalue weighted by molar-refractivity contribution is 0.143. The van der Waals surface area contributed by atoms with Gasteiger partial charge in [0, 0.05) is 24.9 Å². The van der Waals surface area contributed by atoms with Gasteiger partial charge in [-0.15, -0.1) is 0 Å². The van der Waals surface area contributed by atoms with Gasteiger partial charge < -0.3 is 19.9 Å². The van der Waals surface area contributed by atoms with E-state index in [0.29, 0.717) is 30.7 Å². The number of pyridine rings is 1. The van der Waals surface area contributed by atoms with E-state index in [-0.39, 0.29) is 0 Å². The molecule has 1 heterocycles. The molecule has 0 radical (unpaired) electrons. The zero-order valence-corrected chi connectivity index (χ0v) is 8.32. The van der Waals surface area contributed by atoms with Crippen LogP contribution in [0.25, 0.3) is 0 Å². The molecule has 1 aromatic rings. The van der Waals surface area contributed by atoms with Crippen molar-refractivity contribution in [2.24, 2.45) is 0 Å². The summed E-state index contributed by atoms with van der Waals surface area (Å²) < 4.78 is 15.0. The van der Waals surface area contributed by atoms with Gasteiger partial charge in [0.15, 0.2) is 0 Å². The van der Waals surface area contributed by atoms with Crippen molar-refractivity contribution in [3.05, 3.63) is 12.1 Å². The predicted molar refractivity (Wildman–Crippen MR) is 52.6 cm³/mol. The van der Waals surface area contributed by atoms with Crippen molar-refractivity contribution >= 4 is 5.69 Å². The van der Waals surface area contributed by atoms with Gasteiger partial charge in [-0.25, -0.2) is 0 Å². The zero-order chi connectivity index (χ0) is 10.4. The van der Waals surface area contributed by atoms with E-state index in [4.69, 9.17) is 19.9 Å². The monoisotopic (exact) mass is 198 g/mol. The van der Waals surface area contributed by atoms with Gasteiger partial charge in [-0.1, -0.05) is 0 Å². The van der Waals surface area contributed by atoms with Crippen LogP contribution in [-0.4, -0.2) is 32.4 Å². The number of hydrogen-bond acceptors (Lipinski definition) is 5. The smallest absolute Gasteiger partial charge is 0.218 e. The Labute approximate surface area is 82.8 Å². The van der Waals surface area contributed by atoms with Crippen LogP contribution in [0.15, 0.2) is 12.1 Å². The third-order valence-electron chi connectivity index (χ3n) is 1.55. The molecule has 0 spiro atoms. The fourth-order valence-corrected chi connectivity index (χ4v) is 0.908. The minimum atomic E-state index is 0.441. The highest BCUT2D eigenvalue weighted by molar-refractivity contribution is 5.44. The molecule has 0 aromatic carbocycles. The molecular formula is C9H14N2O3. The topological polar surface area (TPSA) is 66.6 Å². The molecule has 0 fully saturated rings. The zero-order valence-electron chi connectivity index (χ0n) is 8.32. The molecule has 0 bridgehead atoms. The van der Waals surface area contributed by atoms with E-state index in [1.807, 2.05) is 0 Å². The lowest BCUT2D eigenvalue weighted by atomic mass is 10.4. The van der Waals surface area contributed by atoms with Crippen molar-refractivity contribution in [1.82, 2.24) is 4.98 Å². The van der Waals surface area contributed by atoms with E-state index in [1.54, 1.807) is 19.2 Å². The summed E-state index contributed by atoms with van der Waals surface area (Å²) in [7, 11) is 3.14. The molecule has 0 aliphatic carbocycles. The van der Waals surface area contributed by atoms with E-state index in [0.717, 1.165) is 0 Å². The maximum Gasteiger partial charge on any atom is 0.218 e. The Bertz CT molecular complexity index is 291. The highest BCUT2D eigenvalue weighted by Gasteiger charge is 2.01. The third-order valence-corrected chi connectivity index (χ3v) is 1.55. The van der Waals surface area contributed by atoms with Crippen LogP contribution in [-0.2, 0) is 4.74 Å². The van der Waals surface area contributed by atoms with Crippen molar-refractivity contribution in [2.45, 2.75) is 0 Å². The maximum atomic E-state index is 5.61. The summed E-state index contributed by atoms with van der Waals surface area (Å²) in [6, 6.07) is 3.27. The quantitative estimate of drug-likeness (QED) is 0.705. The van der Waals surface area contributed by atoms with Gasteiger partial charge in [-0.3, -0.25) is 0 Å². The molecule has 1 aromatic heterocycles. The molecule has 0 aliphatic rings. The molecule has 0 aliphatic heterocycles. The minimum absolute atomic E-state index is 0.441. The number of aromatic nitrogens is 1. The Morgan fingerprint density at radius 3 is 2.57 bits per heavy atom. The van der Waals surface area contributed by atoms with Crippen LogP contribution in [0, 0.1) is 0 Å². The lowest BCUT2D eigenvalue weighted by Crippen LogP contribution is -2.06. The second kappa shape index (κ2) is 5.29. The number of anilines is 1. The van der Waals surface area contributed by atoms with Gasteiger partial charge in [0.1, 0.15) is 6.61 Å². The van der Waals surface area contributed by atoms with Crippen LogP contribution in [0.2, 0.25) is 0 Å². The summed E-state index contributed by atoms with van der Waals surface area (Å²) >= 11 is 0. The van der Waals surface area contributed by atoms with E-state index < -0.39 is 0 Å². The van der Waals surface area contributed by atoms with E-state index in [2.05, 4.69) is 4.98 Å². The predicted octanol–water partition coefficient (Wildman–Crippen LogP) is 0.698. The fourth-order valence-electron chi connectivity index (χ4n) is 0.908. The van der Waals surface area contributed by atoms with E-state index in [9.17, 15) is 0 Å². The Hall–Kier alpha value is -1.49. The lowest BCUT2D eigenvalue weighted by Gasteiger charge is -2.06. The van der Waals surface area contributed by atoms with E-state index in [1.165, 1.54) is 7.11 Å². The maximum absolute atomic E-state index is 5.61. The van der Waals surface area contributed by atoms with Crippen molar-refractivity contribution in [3.8, 4) is 11.8 Å². The Kier molecular flexibility index (Phi) is 4.00. The van der Waals surface area contributed by atoms with Crippen molar-refractivity contribution < 1.29 is 14.2 Å². The summed E-state index contributed by atoms with van der Waals surface area (Å²) in [6.07, 6.45) is 0. The standard InChI is InChI=1S/C9H14N2O3/c1-12-3-4-14-9-6-7(10)5-8(11-9)13-2/h5-6H,3-4H2,1-2H3,(H2,10,11). The SMILES string of the molecule is COCCOc1cc(N)cc(OC)n1. The third kappa shape index (κ3) is 3.10. The molecule has 0 saturated carbocycles. The number of nitrogen functional groups attached to an aromatic ring is 1.